The van der Waals surface area contributed by atoms with Gasteiger partial charge in [-0.2, -0.15) is 0 Å². The number of ether oxygens (including phenoxy) is 1. The summed E-state index contributed by atoms with van der Waals surface area (Å²) in [5.41, 5.74) is 6.54. The molecule has 41 heavy (non-hydrogen) atoms. The molecule has 0 saturated carbocycles. The average Bonchev–Trinajstić information content (AvgIpc) is 2.95. The lowest BCUT2D eigenvalue weighted by atomic mass is 9.75. The normalized spacial score (nSPS) is 16.8. The molecular formula is C33H35BN2O5. The first-order valence-corrected chi connectivity index (χ1v) is 14.2. The van der Waals surface area contributed by atoms with Gasteiger partial charge >= 0.3 is 7.12 Å². The van der Waals surface area contributed by atoms with Gasteiger partial charge in [-0.15, -0.1) is 5.16 Å². The Balaban J connectivity index is 1.38. The molecule has 2 aliphatic rings. The summed E-state index contributed by atoms with van der Waals surface area (Å²) >= 11 is 0. The number of hydrogen-bond donors (Lipinski definition) is 1. The van der Waals surface area contributed by atoms with Crippen LogP contribution in [0.2, 0.25) is 0 Å². The molecule has 6 rings (SSSR count). The molecule has 2 aliphatic heterocycles. The number of aryl methyl sites for hydroxylation is 1. The van der Waals surface area contributed by atoms with Crippen LogP contribution in [0.1, 0.15) is 62.0 Å². The second-order valence-corrected chi connectivity index (χ2v) is 12.0. The van der Waals surface area contributed by atoms with Crippen molar-refractivity contribution in [1.29, 1.82) is 0 Å². The topological polar surface area (TPSA) is 84.5 Å². The highest BCUT2D eigenvalue weighted by atomic mass is 16.6. The van der Waals surface area contributed by atoms with E-state index < -0.39 is 13.2 Å². The molecule has 0 amide bonds. The Morgan fingerprint density at radius 1 is 1.07 bits per heavy atom. The van der Waals surface area contributed by atoms with Crippen molar-refractivity contribution < 1.29 is 18.9 Å². The van der Waals surface area contributed by atoms with Gasteiger partial charge in [0.15, 0.2) is 5.43 Å². The van der Waals surface area contributed by atoms with Crippen molar-refractivity contribution in [2.24, 2.45) is 10.6 Å². The predicted molar refractivity (Wildman–Crippen MR) is 164 cm³/mol. The Kier molecular flexibility index (Phi) is 6.90. The largest absolute Gasteiger partial charge is 0.583 e. The van der Waals surface area contributed by atoms with Gasteiger partial charge in [-0.3, -0.25) is 4.79 Å². The Labute approximate surface area is 240 Å². The quantitative estimate of drug-likeness (QED) is 0.312. The molecule has 1 saturated heterocycles. The molecule has 1 fully saturated rings. The summed E-state index contributed by atoms with van der Waals surface area (Å²) in [5, 5.41) is 14.6. The predicted octanol–water partition coefficient (Wildman–Crippen LogP) is 5.89. The van der Waals surface area contributed by atoms with E-state index in [9.17, 15) is 9.82 Å². The van der Waals surface area contributed by atoms with E-state index in [-0.39, 0.29) is 10.8 Å². The van der Waals surface area contributed by atoms with Crippen LogP contribution < -0.4 is 20.5 Å². The van der Waals surface area contributed by atoms with Gasteiger partial charge < -0.3 is 23.8 Å². The molecule has 3 heterocycles. The Morgan fingerprint density at radius 2 is 1.83 bits per heavy atom. The number of oxime groups is 1. The van der Waals surface area contributed by atoms with E-state index in [4.69, 9.17) is 13.9 Å². The molecule has 0 radical (unpaired) electrons. The van der Waals surface area contributed by atoms with Crippen LogP contribution in [0, 0.1) is 19.3 Å². The highest BCUT2D eigenvalue weighted by molar-refractivity contribution is 6.62. The number of para-hydroxylation sites is 1. The summed E-state index contributed by atoms with van der Waals surface area (Å²) in [4.78, 5) is 15.8. The molecule has 4 aromatic rings. The monoisotopic (exact) mass is 550 g/mol. The zero-order valence-electron chi connectivity index (χ0n) is 24.2. The fraction of sp³-hybridized carbons (Fsp3) is 0.333. The number of piperidine rings is 1. The zero-order valence-corrected chi connectivity index (χ0v) is 24.2. The van der Waals surface area contributed by atoms with E-state index in [0.29, 0.717) is 33.6 Å². The van der Waals surface area contributed by atoms with Gasteiger partial charge in [0.05, 0.1) is 17.2 Å². The SMILES string of the molecule is Cc1cc([C@@H](C)Oc2ccccc2-c2ccc3c(c2)B(O)ON=C3)c2oc(N3CCC(C)(C)CC3)c(C)c(=O)c2c1. The van der Waals surface area contributed by atoms with Crippen LogP contribution in [0.15, 0.2) is 69.0 Å². The lowest BCUT2D eigenvalue weighted by molar-refractivity contribution is 0.228. The number of fused-ring (bicyclic) bond motifs is 2. The fourth-order valence-corrected chi connectivity index (χ4v) is 5.81. The number of benzene rings is 3. The standard InChI is InChI=1S/C33H35BN2O5/c1-20-16-26(31-27(17-20)30(37)21(2)32(40-31)36-14-12-33(4,5)13-15-36)22(3)39-29-9-7-6-8-25(29)23-10-11-24-19-35-41-34(38)28(24)18-23/h6-11,16-19,22,38H,12-15H2,1-5H3/t22-/m1/s1. The first-order chi connectivity index (χ1) is 19.6. The average molecular weight is 550 g/mol. The number of hydrogen-bond acceptors (Lipinski definition) is 7. The highest BCUT2D eigenvalue weighted by Crippen LogP contribution is 2.38. The summed E-state index contributed by atoms with van der Waals surface area (Å²) in [6.07, 6.45) is 3.28. The maximum absolute atomic E-state index is 13.6. The molecule has 8 heteroatoms. The molecular weight excluding hydrogens is 515 g/mol. The molecule has 1 aromatic heterocycles. The Bertz CT molecular complexity index is 1720. The number of anilines is 1. The maximum Gasteiger partial charge on any atom is 0.583 e. The van der Waals surface area contributed by atoms with E-state index >= 15 is 0 Å². The van der Waals surface area contributed by atoms with Gasteiger partial charge in [-0.05, 0) is 73.9 Å². The summed E-state index contributed by atoms with van der Waals surface area (Å²) in [7, 11) is -1.12. The first kappa shape index (κ1) is 27.2. The summed E-state index contributed by atoms with van der Waals surface area (Å²) in [5.74, 6) is 1.34. The smallest absolute Gasteiger partial charge is 0.485 e. The minimum Gasteiger partial charge on any atom is -0.485 e. The van der Waals surface area contributed by atoms with Crippen molar-refractivity contribution in [3.63, 3.8) is 0 Å². The van der Waals surface area contributed by atoms with Crippen LogP contribution in [-0.2, 0) is 4.76 Å². The van der Waals surface area contributed by atoms with E-state index in [1.54, 1.807) is 6.21 Å². The molecule has 3 aromatic carbocycles. The van der Waals surface area contributed by atoms with Crippen LogP contribution in [0.4, 0.5) is 5.88 Å². The van der Waals surface area contributed by atoms with Crippen molar-refractivity contribution in [2.75, 3.05) is 18.0 Å². The third kappa shape index (κ3) is 5.13. The molecule has 0 aliphatic carbocycles. The summed E-state index contributed by atoms with van der Waals surface area (Å²) in [6, 6.07) is 17.5. The molecule has 1 atom stereocenters. The van der Waals surface area contributed by atoms with Crippen LogP contribution in [-0.4, -0.2) is 31.4 Å². The number of rotatable bonds is 5. The third-order valence-electron chi connectivity index (χ3n) is 8.42. The van der Waals surface area contributed by atoms with Gasteiger partial charge in [0, 0.05) is 29.7 Å². The van der Waals surface area contributed by atoms with Gasteiger partial charge in [-0.25, -0.2) is 0 Å². The maximum atomic E-state index is 13.6. The van der Waals surface area contributed by atoms with E-state index in [1.807, 2.05) is 75.4 Å². The molecule has 0 bridgehead atoms. The first-order valence-electron chi connectivity index (χ1n) is 14.2. The Morgan fingerprint density at radius 3 is 2.61 bits per heavy atom. The van der Waals surface area contributed by atoms with E-state index in [2.05, 4.69) is 23.9 Å². The molecule has 210 valence electrons. The summed E-state index contributed by atoms with van der Waals surface area (Å²) in [6.45, 7) is 12.1. The van der Waals surface area contributed by atoms with Crippen molar-refractivity contribution in [1.82, 2.24) is 0 Å². The molecule has 1 N–H and O–H groups in total. The van der Waals surface area contributed by atoms with Crippen molar-refractivity contribution in [3.05, 3.63) is 87.1 Å². The van der Waals surface area contributed by atoms with Gasteiger partial charge in [0.25, 0.3) is 0 Å². The van der Waals surface area contributed by atoms with Crippen molar-refractivity contribution >= 4 is 35.6 Å². The molecule has 0 spiro atoms. The molecule has 7 nitrogen and oxygen atoms in total. The van der Waals surface area contributed by atoms with Crippen LogP contribution in [0.25, 0.3) is 22.1 Å². The fourth-order valence-electron chi connectivity index (χ4n) is 5.81. The number of nitrogens with zero attached hydrogens (tertiary/aromatic N) is 2. The second kappa shape index (κ2) is 10.4. The second-order valence-electron chi connectivity index (χ2n) is 12.0. The van der Waals surface area contributed by atoms with Crippen molar-refractivity contribution in [2.45, 2.75) is 53.6 Å². The minimum atomic E-state index is -1.12. The molecule has 0 unspecified atom stereocenters. The van der Waals surface area contributed by atoms with E-state index in [0.717, 1.165) is 53.7 Å². The summed E-state index contributed by atoms with van der Waals surface area (Å²) < 4.78 is 18.2. The van der Waals surface area contributed by atoms with Crippen molar-refractivity contribution in [3.8, 4) is 16.9 Å². The van der Waals surface area contributed by atoms with Gasteiger partial charge in [0.2, 0.25) is 5.88 Å². The minimum absolute atomic E-state index is 0.00186. The highest BCUT2D eigenvalue weighted by Gasteiger charge is 2.29. The van der Waals surface area contributed by atoms with Gasteiger partial charge in [-0.1, -0.05) is 50.2 Å². The van der Waals surface area contributed by atoms with Crippen LogP contribution >= 0.6 is 0 Å². The van der Waals surface area contributed by atoms with Gasteiger partial charge in [0.1, 0.15) is 17.4 Å². The van der Waals surface area contributed by atoms with Crippen LogP contribution in [0.5, 0.6) is 5.75 Å². The zero-order chi connectivity index (χ0) is 28.9. The van der Waals surface area contributed by atoms with Crippen LogP contribution in [0.3, 0.4) is 0 Å². The lowest BCUT2D eigenvalue weighted by Crippen LogP contribution is -2.38. The Hall–Kier alpha value is -4.04. The lowest BCUT2D eigenvalue weighted by Gasteiger charge is -2.37. The van der Waals surface area contributed by atoms with E-state index in [1.165, 1.54) is 0 Å². The third-order valence-corrected chi connectivity index (χ3v) is 8.42.